The van der Waals surface area contributed by atoms with Crippen molar-refractivity contribution in [2.24, 2.45) is 17.8 Å². The molecule has 0 aliphatic heterocycles. The predicted octanol–water partition coefficient (Wildman–Crippen LogP) is 7.61. The summed E-state index contributed by atoms with van der Waals surface area (Å²) in [7, 11) is 0.967. The molecule has 0 radical (unpaired) electrons. The van der Waals surface area contributed by atoms with E-state index in [2.05, 4.69) is 97.0 Å². The van der Waals surface area contributed by atoms with Crippen molar-refractivity contribution >= 4 is 36.9 Å². The molecule has 0 spiro atoms. The first-order chi connectivity index (χ1) is 18.6. The van der Waals surface area contributed by atoms with Crippen LogP contribution in [0.3, 0.4) is 0 Å². The molecule has 1 aliphatic carbocycles. The zero-order chi connectivity index (χ0) is 28.4. The third kappa shape index (κ3) is 6.11. The van der Waals surface area contributed by atoms with Gasteiger partial charge in [0.1, 0.15) is 11.5 Å². The average Bonchev–Trinajstić information content (AvgIpc) is 2.88. The van der Waals surface area contributed by atoms with Crippen LogP contribution in [-0.4, -0.2) is 19.9 Å². The van der Waals surface area contributed by atoms with Gasteiger partial charge in [0.05, 0.1) is 14.2 Å². The molecule has 0 aromatic heterocycles. The Kier molecular flexibility index (Phi) is 9.57. The van der Waals surface area contributed by atoms with Crippen molar-refractivity contribution in [3.05, 3.63) is 70.8 Å². The molecule has 1 aliphatic rings. The summed E-state index contributed by atoms with van der Waals surface area (Å²) in [5.41, 5.74) is 4.74. The van der Waals surface area contributed by atoms with E-state index in [-0.39, 0.29) is 5.66 Å². The zero-order valence-corrected chi connectivity index (χ0v) is 27.0. The van der Waals surface area contributed by atoms with E-state index in [1.54, 1.807) is 14.2 Å². The van der Waals surface area contributed by atoms with Crippen molar-refractivity contribution in [1.82, 2.24) is 0 Å². The van der Waals surface area contributed by atoms with Crippen LogP contribution in [0.25, 0.3) is 0 Å². The summed E-state index contributed by atoms with van der Waals surface area (Å²) in [4.78, 5) is 0. The fraction of sp³-hybridized carbons (Fsp3) is 0.471. The second-order valence-electron chi connectivity index (χ2n) is 11.8. The summed E-state index contributed by atoms with van der Waals surface area (Å²) < 4.78 is 26.1. The first-order valence-corrected chi connectivity index (χ1v) is 16.9. The van der Waals surface area contributed by atoms with Crippen molar-refractivity contribution < 1.29 is 14.0 Å². The largest absolute Gasteiger partial charge is 0.496 e. The molecule has 1 saturated carbocycles. The third-order valence-electron chi connectivity index (χ3n) is 8.46. The van der Waals surface area contributed by atoms with E-state index in [0.717, 1.165) is 45.5 Å². The molecule has 0 amide bonds. The number of rotatable bonds is 8. The Labute approximate surface area is 238 Å². The Morgan fingerprint density at radius 1 is 0.821 bits per heavy atom. The lowest BCUT2D eigenvalue weighted by atomic mass is 9.77. The lowest BCUT2D eigenvalue weighted by Crippen LogP contribution is -2.35. The third-order valence-corrected chi connectivity index (χ3v) is 13.1. The molecule has 208 valence electrons. The highest BCUT2D eigenvalue weighted by Crippen LogP contribution is 2.47. The maximum absolute atomic E-state index is 14.6. The Bertz CT molecular complexity index is 1240. The SMILES string of the molecule is COc1c(C)cc(P(c2cc(C)c(OC)c(C)c2)c2ccccc2[P+](=O)[C@@H]2C[C@H](C)CC[C@H]2C(C)C)cc1C. The van der Waals surface area contributed by atoms with Gasteiger partial charge in [0.25, 0.3) is 0 Å². The molecule has 3 aromatic carbocycles. The highest BCUT2D eigenvalue weighted by atomic mass is 31.1. The van der Waals surface area contributed by atoms with Crippen molar-refractivity contribution in [1.29, 1.82) is 0 Å². The highest BCUT2D eigenvalue weighted by Gasteiger charge is 2.45. The van der Waals surface area contributed by atoms with Crippen LogP contribution in [0.5, 0.6) is 11.5 Å². The van der Waals surface area contributed by atoms with Crippen molar-refractivity contribution in [3.63, 3.8) is 0 Å². The first kappa shape index (κ1) is 29.8. The first-order valence-electron chi connectivity index (χ1n) is 14.2. The Morgan fingerprint density at radius 2 is 1.31 bits per heavy atom. The van der Waals surface area contributed by atoms with Crippen LogP contribution in [-0.2, 0) is 4.57 Å². The van der Waals surface area contributed by atoms with Crippen LogP contribution in [0.2, 0.25) is 0 Å². The number of hydrogen-bond acceptors (Lipinski definition) is 3. The van der Waals surface area contributed by atoms with Gasteiger partial charge in [-0.05, 0) is 130 Å². The molecule has 4 rings (SSSR count). The summed E-state index contributed by atoms with van der Waals surface area (Å²) in [6, 6.07) is 17.7. The molecule has 3 aromatic rings. The topological polar surface area (TPSA) is 35.5 Å². The number of hydrogen-bond donors (Lipinski definition) is 0. The molecular formula is C34H45O3P2+. The lowest BCUT2D eigenvalue weighted by molar-refractivity contribution is 0.239. The Hall–Kier alpha value is -2.21. The van der Waals surface area contributed by atoms with Gasteiger partial charge in [-0.2, -0.15) is 0 Å². The minimum atomic E-state index is -1.56. The van der Waals surface area contributed by atoms with Gasteiger partial charge >= 0.3 is 7.80 Å². The van der Waals surface area contributed by atoms with E-state index in [4.69, 9.17) is 9.47 Å². The van der Waals surface area contributed by atoms with Crippen LogP contribution >= 0.6 is 15.7 Å². The van der Waals surface area contributed by atoms with Crippen LogP contribution in [0.4, 0.5) is 0 Å². The minimum absolute atomic E-state index is 0.223. The highest BCUT2D eigenvalue weighted by molar-refractivity contribution is 7.81. The van der Waals surface area contributed by atoms with E-state index in [0.29, 0.717) is 17.8 Å². The summed E-state index contributed by atoms with van der Waals surface area (Å²) >= 11 is 0. The van der Waals surface area contributed by atoms with Gasteiger partial charge in [0.15, 0.2) is 11.0 Å². The molecule has 0 heterocycles. The van der Waals surface area contributed by atoms with Gasteiger partial charge in [-0.1, -0.05) is 43.9 Å². The second kappa shape index (κ2) is 12.5. The van der Waals surface area contributed by atoms with E-state index < -0.39 is 15.7 Å². The van der Waals surface area contributed by atoms with Crippen molar-refractivity contribution in [2.75, 3.05) is 14.2 Å². The Balaban J connectivity index is 1.93. The molecule has 0 saturated heterocycles. The molecule has 1 unspecified atom stereocenters. The molecule has 0 N–H and O–H groups in total. The van der Waals surface area contributed by atoms with Gasteiger partial charge < -0.3 is 9.47 Å². The van der Waals surface area contributed by atoms with Gasteiger partial charge in [0.2, 0.25) is 0 Å². The Morgan fingerprint density at radius 3 is 1.77 bits per heavy atom. The predicted molar refractivity (Wildman–Crippen MR) is 170 cm³/mol. The molecule has 39 heavy (non-hydrogen) atoms. The summed E-state index contributed by atoms with van der Waals surface area (Å²) in [6.45, 7) is 15.4. The normalized spacial score (nSPS) is 19.9. The van der Waals surface area contributed by atoms with Crippen LogP contribution in [0.1, 0.15) is 62.3 Å². The van der Waals surface area contributed by atoms with E-state index in [1.807, 2.05) is 0 Å². The average molecular weight is 564 g/mol. The van der Waals surface area contributed by atoms with E-state index in [9.17, 15) is 4.57 Å². The fourth-order valence-electron chi connectivity index (χ4n) is 6.62. The lowest BCUT2D eigenvalue weighted by Gasteiger charge is -2.32. The van der Waals surface area contributed by atoms with Gasteiger partial charge in [0, 0.05) is 11.2 Å². The number of aryl methyl sites for hydroxylation is 4. The zero-order valence-electron chi connectivity index (χ0n) is 25.2. The van der Waals surface area contributed by atoms with E-state index >= 15 is 0 Å². The van der Waals surface area contributed by atoms with Crippen molar-refractivity contribution in [2.45, 2.75) is 73.4 Å². The summed E-state index contributed by atoms with van der Waals surface area (Å²) in [5.74, 6) is 3.53. The maximum Gasteiger partial charge on any atom is 0.381 e. The van der Waals surface area contributed by atoms with Crippen LogP contribution < -0.4 is 30.7 Å². The minimum Gasteiger partial charge on any atom is -0.496 e. The molecule has 1 fully saturated rings. The summed E-state index contributed by atoms with van der Waals surface area (Å²) in [6.07, 6.45) is 3.47. The van der Waals surface area contributed by atoms with E-state index in [1.165, 1.54) is 28.8 Å². The smallest absolute Gasteiger partial charge is 0.381 e. The summed E-state index contributed by atoms with van der Waals surface area (Å²) in [5, 5.41) is 4.78. The maximum atomic E-state index is 14.6. The van der Waals surface area contributed by atoms with Gasteiger partial charge in [-0.25, -0.2) is 0 Å². The molecule has 5 heteroatoms. The van der Waals surface area contributed by atoms with Gasteiger partial charge in [-0.15, -0.1) is 0 Å². The molecular weight excluding hydrogens is 518 g/mol. The quantitative estimate of drug-likeness (QED) is 0.265. The fourth-order valence-corrected chi connectivity index (χ4v) is 12.2. The van der Waals surface area contributed by atoms with Crippen molar-refractivity contribution in [3.8, 4) is 11.5 Å². The molecule has 0 bridgehead atoms. The van der Waals surface area contributed by atoms with Crippen LogP contribution in [0.15, 0.2) is 48.5 Å². The van der Waals surface area contributed by atoms with Gasteiger partial charge in [-0.3, -0.25) is 0 Å². The standard InChI is InChI=1S/C34H45O3P2/c1-21(2)29-15-14-22(3)16-32(29)39(35)31-13-11-10-12-30(31)38(27-17-23(4)33(36-8)24(5)18-27)28-19-25(6)34(37-9)26(7)20-28/h10-13,17-22,29,32H,14-16H2,1-9H3/q+1/t22-,29+,32-/m1/s1. The van der Waals surface area contributed by atoms with Crippen LogP contribution in [0, 0.1) is 45.4 Å². The number of methoxy groups -OCH3 is 2. The molecule has 4 atom stereocenters. The number of ether oxygens (including phenoxy) is 2. The number of benzene rings is 3. The molecule has 3 nitrogen and oxygen atoms in total. The second-order valence-corrected chi connectivity index (χ2v) is 15.8. The monoisotopic (exact) mass is 563 g/mol.